The lowest BCUT2D eigenvalue weighted by Gasteiger charge is -1.89. The summed E-state index contributed by atoms with van der Waals surface area (Å²) >= 11 is 1.13. The number of hydrogen-bond acceptors (Lipinski definition) is 5. The maximum Gasteiger partial charge on any atom is 0.366 e. The number of hydrogen-bond donors (Lipinski definition) is 1. The highest BCUT2D eigenvalue weighted by molar-refractivity contribution is 7.12. The van der Waals surface area contributed by atoms with E-state index in [1.165, 1.54) is 6.07 Å². The third-order valence-corrected chi connectivity index (χ3v) is 1.95. The molecule has 5 heteroatoms. The molecule has 0 atom stereocenters. The summed E-state index contributed by atoms with van der Waals surface area (Å²) in [6, 6.07) is 3.32. The van der Waals surface area contributed by atoms with Crippen LogP contribution in [-0.2, 0) is 4.84 Å². The van der Waals surface area contributed by atoms with Gasteiger partial charge in [-0.1, -0.05) is 0 Å². The smallest absolute Gasteiger partial charge is 0.366 e. The molecule has 0 amide bonds. The van der Waals surface area contributed by atoms with Gasteiger partial charge in [0, 0.05) is 5.38 Å². The van der Waals surface area contributed by atoms with E-state index in [0.717, 1.165) is 11.3 Å². The zero-order valence-corrected chi connectivity index (χ0v) is 6.22. The lowest BCUT2D eigenvalue weighted by molar-refractivity contribution is 0.0509. The summed E-state index contributed by atoms with van der Waals surface area (Å²) in [5.41, 5.74) is 0.440. The van der Waals surface area contributed by atoms with Gasteiger partial charge >= 0.3 is 5.97 Å². The van der Waals surface area contributed by atoms with Crippen molar-refractivity contribution in [3.8, 4) is 6.07 Å². The minimum atomic E-state index is -0.614. The number of rotatable bonds is 1. The van der Waals surface area contributed by atoms with Crippen molar-refractivity contribution in [2.75, 3.05) is 0 Å². The minimum absolute atomic E-state index is 0.337. The first-order chi connectivity index (χ1) is 5.27. The fraction of sp³-hybridized carbons (Fsp3) is 0. The summed E-state index contributed by atoms with van der Waals surface area (Å²) < 4.78 is 0. The summed E-state index contributed by atoms with van der Waals surface area (Å²) in [6.45, 7) is 0. The summed E-state index contributed by atoms with van der Waals surface area (Å²) in [6.07, 6.45) is 0. The predicted molar refractivity (Wildman–Crippen MR) is 38.6 cm³/mol. The van der Waals surface area contributed by atoms with E-state index in [-0.39, 0.29) is 0 Å². The zero-order chi connectivity index (χ0) is 8.27. The van der Waals surface area contributed by atoms with Crippen molar-refractivity contribution in [1.82, 2.24) is 0 Å². The van der Waals surface area contributed by atoms with Crippen LogP contribution in [0.25, 0.3) is 0 Å². The van der Waals surface area contributed by atoms with Crippen LogP contribution in [0.5, 0.6) is 0 Å². The maximum atomic E-state index is 10.7. The standard InChI is InChI=1S/C6H4N2O2S/c7-2-4-1-5(11-3-4)6(9)10-8/h1,3H,8H2. The topological polar surface area (TPSA) is 76.1 Å². The van der Waals surface area contributed by atoms with Crippen LogP contribution in [0.1, 0.15) is 15.2 Å². The number of carbonyl (C=O) groups excluding carboxylic acids is 1. The molecular formula is C6H4N2O2S. The molecule has 0 saturated carbocycles. The highest BCUT2D eigenvalue weighted by atomic mass is 32.1. The number of nitrogens with zero attached hydrogens (tertiary/aromatic N) is 1. The molecule has 2 N–H and O–H groups in total. The van der Waals surface area contributed by atoms with Gasteiger partial charge in [-0.3, -0.25) is 0 Å². The Morgan fingerprint density at radius 1 is 1.82 bits per heavy atom. The average Bonchev–Trinajstić information content (AvgIpc) is 2.50. The molecule has 4 nitrogen and oxygen atoms in total. The second-order valence-electron chi connectivity index (χ2n) is 1.72. The van der Waals surface area contributed by atoms with Crippen LogP contribution in [0.4, 0.5) is 0 Å². The first-order valence-electron chi connectivity index (χ1n) is 2.67. The molecule has 0 unspecified atom stereocenters. The Kier molecular flexibility index (Phi) is 2.21. The molecule has 0 aliphatic heterocycles. The van der Waals surface area contributed by atoms with Gasteiger partial charge in [0.25, 0.3) is 0 Å². The van der Waals surface area contributed by atoms with Crippen LogP contribution in [0.15, 0.2) is 11.4 Å². The molecule has 0 saturated heterocycles. The summed E-state index contributed by atoms with van der Waals surface area (Å²) in [5, 5.41) is 9.94. The summed E-state index contributed by atoms with van der Waals surface area (Å²) in [5.74, 6) is 4.01. The molecule has 0 aliphatic carbocycles. The fourth-order valence-corrected chi connectivity index (χ4v) is 1.27. The van der Waals surface area contributed by atoms with E-state index in [2.05, 4.69) is 10.7 Å². The summed E-state index contributed by atoms with van der Waals surface area (Å²) in [7, 11) is 0. The highest BCUT2D eigenvalue weighted by Crippen LogP contribution is 2.13. The number of nitriles is 1. The van der Waals surface area contributed by atoms with Crippen molar-refractivity contribution in [1.29, 1.82) is 5.26 Å². The third kappa shape index (κ3) is 1.55. The van der Waals surface area contributed by atoms with Gasteiger partial charge in [-0.25, -0.2) is 4.79 Å². The molecule has 0 radical (unpaired) electrons. The van der Waals surface area contributed by atoms with Crippen molar-refractivity contribution >= 4 is 17.3 Å². The normalized spacial score (nSPS) is 8.73. The molecule has 0 aliphatic rings. The Morgan fingerprint density at radius 3 is 3.00 bits per heavy atom. The lowest BCUT2D eigenvalue weighted by Crippen LogP contribution is -2.07. The van der Waals surface area contributed by atoms with Gasteiger partial charge in [-0.2, -0.15) is 11.2 Å². The molecule has 0 spiro atoms. The van der Waals surface area contributed by atoms with Crippen molar-refractivity contribution in [3.05, 3.63) is 21.9 Å². The van der Waals surface area contributed by atoms with Gasteiger partial charge in [0.1, 0.15) is 10.9 Å². The summed E-state index contributed by atoms with van der Waals surface area (Å²) in [4.78, 5) is 15.0. The average molecular weight is 168 g/mol. The van der Waals surface area contributed by atoms with Gasteiger partial charge in [0.15, 0.2) is 0 Å². The van der Waals surface area contributed by atoms with E-state index in [4.69, 9.17) is 5.26 Å². The fourth-order valence-electron chi connectivity index (χ4n) is 0.560. The molecule has 0 aromatic carbocycles. The van der Waals surface area contributed by atoms with Gasteiger partial charge in [0.2, 0.25) is 0 Å². The van der Waals surface area contributed by atoms with Gasteiger partial charge in [-0.15, -0.1) is 11.3 Å². The molecule has 0 fully saturated rings. The van der Waals surface area contributed by atoms with E-state index in [1.807, 2.05) is 6.07 Å². The van der Waals surface area contributed by atoms with E-state index in [0.29, 0.717) is 10.4 Å². The number of carbonyl (C=O) groups is 1. The van der Waals surface area contributed by atoms with Crippen LogP contribution in [-0.4, -0.2) is 5.97 Å². The molecule has 1 rings (SSSR count). The van der Waals surface area contributed by atoms with E-state index >= 15 is 0 Å². The van der Waals surface area contributed by atoms with E-state index in [9.17, 15) is 4.79 Å². The van der Waals surface area contributed by atoms with E-state index in [1.54, 1.807) is 5.38 Å². The zero-order valence-electron chi connectivity index (χ0n) is 5.40. The van der Waals surface area contributed by atoms with Gasteiger partial charge < -0.3 is 4.84 Å². The van der Waals surface area contributed by atoms with Crippen LogP contribution < -0.4 is 5.90 Å². The number of thiophene rings is 1. The van der Waals surface area contributed by atoms with Crippen LogP contribution in [0, 0.1) is 11.3 Å². The lowest BCUT2D eigenvalue weighted by atomic mass is 10.3. The van der Waals surface area contributed by atoms with Crippen molar-refractivity contribution in [3.63, 3.8) is 0 Å². The molecule has 1 heterocycles. The first kappa shape index (κ1) is 7.72. The molecule has 11 heavy (non-hydrogen) atoms. The van der Waals surface area contributed by atoms with Gasteiger partial charge in [-0.05, 0) is 6.07 Å². The first-order valence-corrected chi connectivity index (χ1v) is 3.55. The van der Waals surface area contributed by atoms with Crippen LogP contribution in [0.2, 0.25) is 0 Å². The second kappa shape index (κ2) is 3.14. The Hall–Kier alpha value is -1.38. The quantitative estimate of drug-likeness (QED) is 0.624. The molecule has 1 aromatic heterocycles. The number of nitrogens with two attached hydrogens (primary N) is 1. The Morgan fingerprint density at radius 2 is 2.55 bits per heavy atom. The SMILES string of the molecule is N#Cc1csc(C(=O)ON)c1. The molecule has 1 aromatic rings. The maximum absolute atomic E-state index is 10.7. The monoisotopic (exact) mass is 168 g/mol. The second-order valence-corrected chi connectivity index (χ2v) is 2.63. The van der Waals surface area contributed by atoms with Gasteiger partial charge in [0.05, 0.1) is 5.56 Å². The molecule has 56 valence electrons. The predicted octanol–water partition coefficient (Wildman–Crippen LogP) is 0.650. The largest absolute Gasteiger partial charge is 0.369 e. The third-order valence-electron chi connectivity index (χ3n) is 1.04. The van der Waals surface area contributed by atoms with Crippen LogP contribution in [0.3, 0.4) is 0 Å². The Labute approximate surface area is 66.8 Å². The molecule has 0 bridgehead atoms. The minimum Gasteiger partial charge on any atom is -0.369 e. The van der Waals surface area contributed by atoms with Crippen LogP contribution >= 0.6 is 11.3 Å². The Bertz CT molecular complexity index is 313. The van der Waals surface area contributed by atoms with E-state index < -0.39 is 5.97 Å². The Balaban J connectivity index is 2.91. The van der Waals surface area contributed by atoms with Crippen molar-refractivity contribution < 1.29 is 9.63 Å². The van der Waals surface area contributed by atoms with Crippen molar-refractivity contribution in [2.45, 2.75) is 0 Å². The van der Waals surface area contributed by atoms with Crippen molar-refractivity contribution in [2.24, 2.45) is 5.90 Å². The molecular weight excluding hydrogens is 164 g/mol. The highest BCUT2D eigenvalue weighted by Gasteiger charge is 2.08.